The van der Waals surface area contributed by atoms with Crippen molar-refractivity contribution in [3.8, 4) is 0 Å². The second kappa shape index (κ2) is 7.01. The summed E-state index contributed by atoms with van der Waals surface area (Å²) in [5, 5.41) is 8.94. The average molecular weight is 331 g/mol. The SMILES string of the molecule is CN(C)/C=N/c1nnc(SCc2c(F)cccc2Cl)s1. The highest BCUT2D eigenvalue weighted by atomic mass is 35.5. The molecule has 0 aliphatic heterocycles. The van der Waals surface area contributed by atoms with Gasteiger partial charge >= 0.3 is 0 Å². The van der Waals surface area contributed by atoms with Gasteiger partial charge in [-0.2, -0.15) is 0 Å². The Bertz CT molecular complexity index is 595. The van der Waals surface area contributed by atoms with Crippen molar-refractivity contribution in [2.45, 2.75) is 10.1 Å². The number of nitrogens with zero attached hydrogens (tertiary/aromatic N) is 4. The fourth-order valence-electron chi connectivity index (χ4n) is 1.28. The molecule has 1 heterocycles. The molecular weight excluding hydrogens is 319 g/mol. The van der Waals surface area contributed by atoms with Crippen LogP contribution in [0.3, 0.4) is 0 Å². The molecule has 0 atom stereocenters. The topological polar surface area (TPSA) is 41.4 Å². The lowest BCUT2D eigenvalue weighted by molar-refractivity contribution is 0.617. The monoisotopic (exact) mass is 330 g/mol. The van der Waals surface area contributed by atoms with Gasteiger partial charge in [0.1, 0.15) is 5.82 Å². The summed E-state index contributed by atoms with van der Waals surface area (Å²) in [6.07, 6.45) is 1.66. The summed E-state index contributed by atoms with van der Waals surface area (Å²) >= 11 is 8.72. The Morgan fingerprint density at radius 3 is 2.95 bits per heavy atom. The molecule has 0 aliphatic rings. The average Bonchev–Trinajstić information content (AvgIpc) is 2.84. The smallest absolute Gasteiger partial charge is 0.233 e. The molecule has 20 heavy (non-hydrogen) atoms. The Hall–Kier alpha value is -1.18. The molecule has 0 spiro atoms. The maximum Gasteiger partial charge on any atom is 0.233 e. The minimum absolute atomic E-state index is 0.305. The summed E-state index contributed by atoms with van der Waals surface area (Å²) in [5.41, 5.74) is 0.479. The van der Waals surface area contributed by atoms with Gasteiger partial charge in [-0.25, -0.2) is 9.38 Å². The molecular formula is C12H12ClFN4S2. The summed E-state index contributed by atoms with van der Waals surface area (Å²) < 4.78 is 14.3. The van der Waals surface area contributed by atoms with Crippen LogP contribution in [0.25, 0.3) is 0 Å². The van der Waals surface area contributed by atoms with Crippen molar-refractivity contribution in [2.75, 3.05) is 14.1 Å². The van der Waals surface area contributed by atoms with Crippen LogP contribution < -0.4 is 0 Å². The van der Waals surface area contributed by atoms with Crippen LogP contribution >= 0.6 is 34.7 Å². The van der Waals surface area contributed by atoms with Crippen LogP contribution in [0.15, 0.2) is 27.5 Å². The molecule has 0 amide bonds. The van der Waals surface area contributed by atoms with Gasteiger partial charge in [-0.3, -0.25) is 0 Å². The quantitative estimate of drug-likeness (QED) is 0.474. The summed E-state index contributed by atoms with van der Waals surface area (Å²) in [7, 11) is 3.75. The lowest BCUT2D eigenvalue weighted by Gasteiger charge is -2.03. The first kappa shape index (κ1) is 15.2. The van der Waals surface area contributed by atoms with Crippen molar-refractivity contribution >= 4 is 46.2 Å². The van der Waals surface area contributed by atoms with Crippen LogP contribution in [0.4, 0.5) is 9.52 Å². The van der Waals surface area contributed by atoms with Crippen molar-refractivity contribution in [1.29, 1.82) is 0 Å². The van der Waals surface area contributed by atoms with E-state index in [0.717, 1.165) is 4.34 Å². The molecule has 2 rings (SSSR count). The Morgan fingerprint density at radius 1 is 1.45 bits per heavy atom. The number of hydrogen-bond donors (Lipinski definition) is 0. The van der Waals surface area contributed by atoms with Gasteiger partial charge in [0.25, 0.3) is 0 Å². The maximum atomic E-state index is 13.6. The highest BCUT2D eigenvalue weighted by Gasteiger charge is 2.10. The van der Waals surface area contributed by atoms with E-state index in [0.29, 0.717) is 21.5 Å². The number of benzene rings is 1. The molecule has 0 unspecified atom stereocenters. The first-order valence-electron chi connectivity index (χ1n) is 5.66. The van der Waals surface area contributed by atoms with Crippen molar-refractivity contribution in [3.63, 3.8) is 0 Å². The third-order valence-corrected chi connectivity index (χ3v) is 4.54. The summed E-state index contributed by atoms with van der Waals surface area (Å²) in [4.78, 5) is 5.96. The zero-order chi connectivity index (χ0) is 14.5. The zero-order valence-corrected chi connectivity index (χ0v) is 13.3. The van der Waals surface area contributed by atoms with Crippen molar-refractivity contribution in [1.82, 2.24) is 15.1 Å². The molecule has 2 aromatic rings. The van der Waals surface area contributed by atoms with Gasteiger partial charge in [-0.1, -0.05) is 40.8 Å². The fraction of sp³-hybridized carbons (Fsp3) is 0.250. The normalized spacial score (nSPS) is 11.2. The van der Waals surface area contributed by atoms with Crippen molar-refractivity contribution in [2.24, 2.45) is 4.99 Å². The fourth-order valence-corrected chi connectivity index (χ4v) is 3.31. The highest BCUT2D eigenvalue weighted by Crippen LogP contribution is 2.32. The van der Waals surface area contributed by atoms with Crippen LogP contribution in [-0.4, -0.2) is 35.5 Å². The number of rotatable bonds is 5. The predicted molar refractivity (Wildman–Crippen MR) is 82.7 cm³/mol. The standard InChI is InChI=1S/C12H12ClFN4S2/c1-18(2)7-15-11-16-17-12(20-11)19-6-8-9(13)4-3-5-10(8)14/h3-5,7H,6H2,1-2H3/b15-7+. The molecule has 0 N–H and O–H groups in total. The van der Waals surface area contributed by atoms with E-state index in [1.165, 1.54) is 29.2 Å². The second-order valence-electron chi connectivity index (χ2n) is 4.05. The molecule has 8 heteroatoms. The lowest BCUT2D eigenvalue weighted by Crippen LogP contribution is -2.06. The van der Waals surface area contributed by atoms with Gasteiger partial charge in [-0.15, -0.1) is 10.2 Å². The summed E-state index contributed by atoms with van der Waals surface area (Å²) in [6.45, 7) is 0. The van der Waals surface area contributed by atoms with Gasteiger partial charge in [0.2, 0.25) is 5.13 Å². The Balaban J connectivity index is 2.01. The van der Waals surface area contributed by atoms with Crippen molar-refractivity contribution < 1.29 is 4.39 Å². The van der Waals surface area contributed by atoms with Gasteiger partial charge in [-0.05, 0) is 12.1 Å². The van der Waals surface area contributed by atoms with Crippen LogP contribution in [0, 0.1) is 5.82 Å². The predicted octanol–water partition coefficient (Wildman–Crippen LogP) is 3.84. The molecule has 106 valence electrons. The van der Waals surface area contributed by atoms with E-state index in [1.54, 1.807) is 18.5 Å². The van der Waals surface area contributed by atoms with E-state index >= 15 is 0 Å². The number of aliphatic imine (C=N–C) groups is 1. The first-order chi connectivity index (χ1) is 9.56. The summed E-state index contributed by atoms with van der Waals surface area (Å²) in [6, 6.07) is 4.66. The van der Waals surface area contributed by atoms with Gasteiger partial charge in [0, 0.05) is 30.4 Å². The Labute approximate surface area is 129 Å². The zero-order valence-electron chi connectivity index (χ0n) is 10.9. The Kier molecular flexibility index (Phi) is 5.33. The van der Waals surface area contributed by atoms with Gasteiger partial charge in [0.15, 0.2) is 4.34 Å². The van der Waals surface area contributed by atoms with Crippen LogP contribution in [-0.2, 0) is 5.75 Å². The van der Waals surface area contributed by atoms with Gasteiger partial charge < -0.3 is 4.90 Å². The van der Waals surface area contributed by atoms with E-state index < -0.39 is 0 Å². The number of hydrogen-bond acceptors (Lipinski definition) is 5. The van der Waals surface area contributed by atoms with E-state index in [9.17, 15) is 4.39 Å². The van der Waals surface area contributed by atoms with Crippen LogP contribution in [0.1, 0.15) is 5.56 Å². The minimum Gasteiger partial charge on any atom is -0.369 e. The number of halogens is 2. The molecule has 1 aromatic carbocycles. The van der Waals surface area contributed by atoms with Crippen LogP contribution in [0.5, 0.6) is 0 Å². The Morgan fingerprint density at radius 2 is 2.25 bits per heavy atom. The van der Waals surface area contributed by atoms with E-state index in [4.69, 9.17) is 11.6 Å². The highest BCUT2D eigenvalue weighted by molar-refractivity contribution is 8.00. The first-order valence-corrected chi connectivity index (χ1v) is 7.84. The van der Waals surface area contributed by atoms with E-state index in [-0.39, 0.29) is 5.82 Å². The van der Waals surface area contributed by atoms with E-state index in [2.05, 4.69) is 15.2 Å². The van der Waals surface area contributed by atoms with Crippen molar-refractivity contribution in [3.05, 3.63) is 34.6 Å². The third-order valence-electron chi connectivity index (χ3n) is 2.20. The van der Waals surface area contributed by atoms with Gasteiger partial charge in [0.05, 0.1) is 6.34 Å². The molecule has 0 bridgehead atoms. The molecule has 0 aliphatic carbocycles. The van der Waals surface area contributed by atoms with Crippen LogP contribution in [0.2, 0.25) is 5.02 Å². The molecule has 0 radical (unpaired) electrons. The molecule has 1 aromatic heterocycles. The maximum absolute atomic E-state index is 13.6. The molecule has 0 saturated carbocycles. The molecule has 0 saturated heterocycles. The van der Waals surface area contributed by atoms with E-state index in [1.807, 2.05) is 19.0 Å². The minimum atomic E-state index is -0.305. The number of aromatic nitrogens is 2. The summed E-state index contributed by atoms with van der Waals surface area (Å²) in [5.74, 6) is 0.109. The third kappa shape index (κ3) is 4.16. The lowest BCUT2D eigenvalue weighted by atomic mass is 10.2. The number of thioether (sulfide) groups is 1. The second-order valence-corrected chi connectivity index (χ2v) is 6.63. The largest absolute Gasteiger partial charge is 0.369 e. The molecule has 0 fully saturated rings. The molecule has 4 nitrogen and oxygen atoms in total.